The molecule has 9 heteroatoms. The summed E-state index contributed by atoms with van der Waals surface area (Å²) in [5.41, 5.74) is -2.44. The predicted molar refractivity (Wildman–Crippen MR) is 104 cm³/mol. The van der Waals surface area contributed by atoms with E-state index in [4.69, 9.17) is 14.2 Å². The number of hydrogen-bond donors (Lipinski definition) is 1. The molecule has 0 saturated heterocycles. The van der Waals surface area contributed by atoms with Crippen LogP contribution in [0, 0.1) is 0 Å². The van der Waals surface area contributed by atoms with Crippen molar-refractivity contribution in [2.45, 2.75) is 38.3 Å². The van der Waals surface area contributed by atoms with E-state index in [9.17, 15) is 19.2 Å². The summed E-state index contributed by atoms with van der Waals surface area (Å²) < 4.78 is 14.7. The van der Waals surface area contributed by atoms with E-state index in [1.807, 2.05) is 0 Å². The Labute approximate surface area is 172 Å². The number of Topliss-reactive ketones (excluding diaryl/α,β-unsaturated/α-hetero) is 1. The Kier molecular flexibility index (Phi) is 8.16. The van der Waals surface area contributed by atoms with Gasteiger partial charge in [-0.3, -0.25) is 10.1 Å². The van der Waals surface area contributed by atoms with Crippen LogP contribution in [0.5, 0.6) is 0 Å². The molecule has 0 bridgehead atoms. The van der Waals surface area contributed by atoms with Crippen LogP contribution in [0.2, 0.25) is 0 Å². The van der Waals surface area contributed by atoms with Gasteiger partial charge in [-0.15, -0.1) is 0 Å². The lowest BCUT2D eigenvalue weighted by Crippen LogP contribution is -2.63. The number of ketones is 1. The highest BCUT2D eigenvalue weighted by Crippen LogP contribution is 2.22. The summed E-state index contributed by atoms with van der Waals surface area (Å²) in [6.45, 7) is 4.90. The Hall–Kier alpha value is -2.42. The lowest BCUT2D eigenvalue weighted by molar-refractivity contribution is -0.163. The fraction of sp³-hybridized carbons (Fsp3) is 0.474. The topological polar surface area (TPSA) is 108 Å². The third kappa shape index (κ3) is 5.79. The van der Waals surface area contributed by atoms with Gasteiger partial charge in [0.1, 0.15) is 5.60 Å². The monoisotopic (exact) mass is 457 g/mol. The van der Waals surface area contributed by atoms with Gasteiger partial charge >= 0.3 is 18.0 Å². The zero-order chi connectivity index (χ0) is 21.5. The molecule has 0 aliphatic heterocycles. The number of rotatable bonds is 7. The van der Waals surface area contributed by atoms with E-state index in [2.05, 4.69) is 21.2 Å². The third-order valence-electron chi connectivity index (χ3n) is 3.68. The number of benzene rings is 1. The molecule has 1 rings (SSSR count). The summed E-state index contributed by atoms with van der Waals surface area (Å²) >= 11 is 3.10. The molecule has 0 aromatic heterocycles. The number of esters is 2. The largest absolute Gasteiger partial charge is 0.467 e. The first kappa shape index (κ1) is 23.6. The van der Waals surface area contributed by atoms with Gasteiger partial charge in [0, 0.05) is 12.0 Å². The molecular weight excluding hydrogens is 434 g/mol. The quantitative estimate of drug-likeness (QED) is 0.220. The fourth-order valence-corrected chi connectivity index (χ4v) is 2.81. The molecule has 0 aliphatic rings. The Morgan fingerprint density at radius 3 is 2.00 bits per heavy atom. The van der Waals surface area contributed by atoms with Crippen molar-refractivity contribution in [3.63, 3.8) is 0 Å². The number of methoxy groups -OCH3 is 2. The fourth-order valence-electron chi connectivity index (χ4n) is 2.50. The van der Waals surface area contributed by atoms with Gasteiger partial charge in [-0.05, 0) is 26.3 Å². The average Bonchev–Trinajstić information content (AvgIpc) is 2.64. The van der Waals surface area contributed by atoms with Crippen molar-refractivity contribution >= 4 is 39.7 Å². The lowest BCUT2D eigenvalue weighted by atomic mass is 9.87. The van der Waals surface area contributed by atoms with Gasteiger partial charge in [0.05, 0.1) is 19.5 Å². The second kappa shape index (κ2) is 9.68. The summed E-state index contributed by atoms with van der Waals surface area (Å²) in [5, 5.41) is 2.34. The smallest absolute Gasteiger partial charge is 0.409 e. The van der Waals surface area contributed by atoms with E-state index >= 15 is 0 Å². The number of carbonyl (C=O) groups is 4. The van der Waals surface area contributed by atoms with Crippen molar-refractivity contribution in [2.75, 3.05) is 19.5 Å². The van der Waals surface area contributed by atoms with E-state index in [1.165, 1.54) is 0 Å². The number of amides is 1. The zero-order valence-electron chi connectivity index (χ0n) is 16.5. The van der Waals surface area contributed by atoms with Gasteiger partial charge in [0.25, 0.3) is 0 Å². The number of alkyl halides is 1. The zero-order valence-corrected chi connectivity index (χ0v) is 18.0. The molecule has 0 atom stereocenters. The molecule has 0 unspecified atom stereocenters. The normalized spacial score (nSPS) is 11.4. The number of carbonyl (C=O) groups excluding carboxylic acids is 4. The number of alkyl carbamates (subject to hydrolysis) is 1. The minimum atomic E-state index is -2.23. The maximum absolute atomic E-state index is 12.6. The van der Waals surface area contributed by atoms with Crippen LogP contribution in [0.15, 0.2) is 24.3 Å². The van der Waals surface area contributed by atoms with Crippen molar-refractivity contribution in [3.05, 3.63) is 35.4 Å². The van der Waals surface area contributed by atoms with Crippen LogP contribution in [-0.4, -0.2) is 54.5 Å². The SMILES string of the molecule is COC(=O)C(Cc1ccccc1C(=O)CBr)(NC(=O)OC(C)(C)C)C(=O)OC. The van der Waals surface area contributed by atoms with Gasteiger partial charge < -0.3 is 14.2 Å². The van der Waals surface area contributed by atoms with Crippen molar-refractivity contribution in [3.8, 4) is 0 Å². The van der Waals surface area contributed by atoms with E-state index in [0.29, 0.717) is 11.1 Å². The highest BCUT2D eigenvalue weighted by Gasteiger charge is 2.51. The molecule has 0 aliphatic carbocycles. The molecule has 28 heavy (non-hydrogen) atoms. The summed E-state index contributed by atoms with van der Waals surface area (Å²) in [7, 11) is 2.15. The van der Waals surface area contributed by atoms with Crippen LogP contribution in [0.4, 0.5) is 4.79 Å². The maximum atomic E-state index is 12.6. The molecule has 1 amide bonds. The number of hydrogen-bond acceptors (Lipinski definition) is 7. The number of halogens is 1. The Bertz CT molecular complexity index is 739. The minimum absolute atomic E-state index is 0.0486. The molecule has 0 spiro atoms. The lowest BCUT2D eigenvalue weighted by Gasteiger charge is -2.31. The summed E-state index contributed by atoms with van der Waals surface area (Å²) in [5.74, 6) is -2.35. The predicted octanol–water partition coefficient (Wildman–Crippen LogP) is 2.42. The second-order valence-electron chi connectivity index (χ2n) is 6.91. The third-order valence-corrected chi connectivity index (χ3v) is 4.19. The first-order valence-corrected chi connectivity index (χ1v) is 9.48. The Morgan fingerprint density at radius 1 is 1.00 bits per heavy atom. The molecule has 8 nitrogen and oxygen atoms in total. The molecule has 1 aromatic carbocycles. The van der Waals surface area contributed by atoms with Gasteiger partial charge in [-0.25, -0.2) is 14.4 Å². The molecule has 0 heterocycles. The highest BCUT2D eigenvalue weighted by molar-refractivity contribution is 9.09. The van der Waals surface area contributed by atoms with Crippen molar-refractivity contribution in [1.82, 2.24) is 5.32 Å². The van der Waals surface area contributed by atoms with Gasteiger partial charge in [0.15, 0.2) is 5.78 Å². The standard InChI is InChI=1S/C19H24BrNO7/c1-18(2,3)28-17(25)21-19(15(23)26-4,16(24)27-5)10-12-8-6-7-9-13(12)14(22)11-20/h6-9H,10-11H2,1-5H3,(H,21,25). The summed E-state index contributed by atoms with van der Waals surface area (Å²) in [4.78, 5) is 49.8. The molecular formula is C19H24BrNO7. The van der Waals surface area contributed by atoms with Crippen molar-refractivity contribution < 1.29 is 33.4 Å². The first-order valence-electron chi connectivity index (χ1n) is 8.35. The molecule has 0 fully saturated rings. The van der Waals surface area contributed by atoms with E-state index in [0.717, 1.165) is 14.2 Å². The van der Waals surface area contributed by atoms with Crippen LogP contribution < -0.4 is 5.32 Å². The van der Waals surface area contributed by atoms with Crippen LogP contribution in [-0.2, 0) is 30.2 Å². The van der Waals surface area contributed by atoms with Gasteiger partial charge in [0.2, 0.25) is 5.54 Å². The number of nitrogens with one attached hydrogen (secondary N) is 1. The molecule has 154 valence electrons. The molecule has 0 radical (unpaired) electrons. The van der Waals surface area contributed by atoms with E-state index in [-0.39, 0.29) is 17.5 Å². The van der Waals surface area contributed by atoms with Gasteiger partial charge in [-0.1, -0.05) is 40.2 Å². The Morgan fingerprint density at radius 2 is 1.54 bits per heavy atom. The minimum Gasteiger partial charge on any atom is -0.467 e. The van der Waals surface area contributed by atoms with E-state index < -0.39 is 29.2 Å². The second-order valence-corrected chi connectivity index (χ2v) is 7.47. The van der Waals surface area contributed by atoms with Crippen molar-refractivity contribution in [1.29, 1.82) is 0 Å². The Balaban J connectivity index is 3.47. The van der Waals surface area contributed by atoms with E-state index in [1.54, 1.807) is 45.0 Å². The highest BCUT2D eigenvalue weighted by atomic mass is 79.9. The van der Waals surface area contributed by atoms with Crippen LogP contribution >= 0.6 is 15.9 Å². The number of ether oxygens (including phenoxy) is 3. The van der Waals surface area contributed by atoms with Gasteiger partial charge in [-0.2, -0.15) is 0 Å². The van der Waals surface area contributed by atoms with Crippen LogP contribution in [0.1, 0.15) is 36.7 Å². The molecule has 1 N–H and O–H groups in total. The maximum Gasteiger partial charge on any atom is 0.409 e. The molecule has 0 saturated carbocycles. The summed E-state index contributed by atoms with van der Waals surface area (Å²) in [6, 6.07) is 6.44. The first-order chi connectivity index (χ1) is 13.0. The van der Waals surface area contributed by atoms with Crippen molar-refractivity contribution in [2.24, 2.45) is 0 Å². The molecule has 1 aromatic rings. The average molecular weight is 458 g/mol. The summed E-state index contributed by atoms with van der Waals surface area (Å²) in [6.07, 6.45) is -1.37. The van der Waals surface area contributed by atoms with Crippen LogP contribution in [0.3, 0.4) is 0 Å². The van der Waals surface area contributed by atoms with Crippen LogP contribution in [0.25, 0.3) is 0 Å².